The largest absolute Gasteiger partial charge is 0.359 e. The zero-order chi connectivity index (χ0) is 16.4. The summed E-state index contributed by atoms with van der Waals surface area (Å²) in [4.78, 5) is 14.9. The van der Waals surface area contributed by atoms with Crippen molar-refractivity contribution in [3.8, 4) is 0 Å². The molecule has 4 nitrogen and oxygen atoms in total. The lowest BCUT2D eigenvalue weighted by atomic mass is 10.0. The molecule has 0 spiro atoms. The Labute approximate surface area is 138 Å². The zero-order valence-electron chi connectivity index (χ0n) is 14.3. The number of amides is 1. The number of benzene rings is 1. The fraction of sp³-hybridized carbons (Fsp3) is 0.632. The van der Waals surface area contributed by atoms with E-state index in [1.807, 2.05) is 23.1 Å². The predicted octanol–water partition coefficient (Wildman–Crippen LogP) is 3.53. The van der Waals surface area contributed by atoms with Gasteiger partial charge in [-0.3, -0.25) is 4.79 Å². The molecular formula is C19H27NO3. The van der Waals surface area contributed by atoms with Crippen molar-refractivity contribution in [1.82, 2.24) is 4.90 Å². The van der Waals surface area contributed by atoms with Crippen molar-refractivity contribution in [3.63, 3.8) is 0 Å². The second-order valence-electron chi connectivity index (χ2n) is 6.97. The van der Waals surface area contributed by atoms with Crippen LogP contribution in [0.4, 0.5) is 0 Å². The average Bonchev–Trinajstić information content (AvgIpc) is 3.16. The smallest absolute Gasteiger partial charge is 0.257 e. The first-order valence-electron chi connectivity index (χ1n) is 8.76. The van der Waals surface area contributed by atoms with Crippen molar-refractivity contribution in [1.29, 1.82) is 0 Å². The zero-order valence-corrected chi connectivity index (χ0v) is 14.3. The molecule has 2 saturated heterocycles. The van der Waals surface area contributed by atoms with E-state index >= 15 is 0 Å². The fourth-order valence-electron chi connectivity index (χ4n) is 3.41. The molecule has 0 aromatic heterocycles. The fourth-order valence-corrected chi connectivity index (χ4v) is 3.41. The highest BCUT2D eigenvalue weighted by atomic mass is 16.6. The highest BCUT2D eigenvalue weighted by Crippen LogP contribution is 2.37. The van der Waals surface area contributed by atoms with E-state index in [2.05, 4.69) is 32.9 Å². The summed E-state index contributed by atoms with van der Waals surface area (Å²) in [5, 5.41) is 0. The molecule has 3 rings (SSSR count). The van der Waals surface area contributed by atoms with E-state index < -0.39 is 0 Å². The number of rotatable bonds is 6. The van der Waals surface area contributed by atoms with Gasteiger partial charge in [-0.25, -0.2) is 0 Å². The molecule has 1 amide bonds. The SMILES string of the molecule is CCC[C@H]1OC[C@@H](c2ccccc2)N1C(=O)[C@@H]1O[C@H]1CC(C)C. The van der Waals surface area contributed by atoms with E-state index in [9.17, 15) is 4.79 Å². The van der Waals surface area contributed by atoms with Crippen LogP contribution >= 0.6 is 0 Å². The van der Waals surface area contributed by atoms with E-state index in [-0.39, 0.29) is 30.4 Å². The minimum absolute atomic E-state index is 0.00384. The van der Waals surface area contributed by atoms with Gasteiger partial charge in [0.2, 0.25) is 0 Å². The maximum atomic E-state index is 13.0. The lowest BCUT2D eigenvalue weighted by molar-refractivity contribution is -0.139. The molecule has 2 fully saturated rings. The molecular weight excluding hydrogens is 290 g/mol. The Kier molecular flexibility index (Phi) is 5.02. The van der Waals surface area contributed by atoms with Crippen molar-refractivity contribution in [2.45, 2.75) is 64.5 Å². The van der Waals surface area contributed by atoms with Gasteiger partial charge in [0.15, 0.2) is 6.10 Å². The molecule has 1 aromatic carbocycles. The normalized spacial score (nSPS) is 30.0. The number of hydrogen-bond donors (Lipinski definition) is 0. The van der Waals surface area contributed by atoms with Gasteiger partial charge in [0.05, 0.1) is 18.8 Å². The van der Waals surface area contributed by atoms with Crippen molar-refractivity contribution in [2.75, 3.05) is 6.61 Å². The molecule has 4 atom stereocenters. The van der Waals surface area contributed by atoms with Gasteiger partial charge in [-0.2, -0.15) is 0 Å². The third-order valence-electron chi connectivity index (χ3n) is 4.60. The Morgan fingerprint density at radius 1 is 1.30 bits per heavy atom. The standard InChI is InChI=1S/C19H27NO3/c1-4-8-17-20(19(21)18-16(23-18)11-13(2)3)15(12-22-17)14-9-6-5-7-10-14/h5-7,9-10,13,15-18H,4,8,11-12H2,1-3H3/t15-,16-,17+,18+/m0/s1. The van der Waals surface area contributed by atoms with E-state index in [1.54, 1.807) is 0 Å². The molecule has 0 N–H and O–H groups in total. The molecule has 2 heterocycles. The molecule has 4 heteroatoms. The van der Waals surface area contributed by atoms with Gasteiger partial charge in [0.25, 0.3) is 5.91 Å². The van der Waals surface area contributed by atoms with E-state index in [0.717, 1.165) is 24.8 Å². The number of carbonyl (C=O) groups excluding carboxylic acids is 1. The van der Waals surface area contributed by atoms with Crippen LogP contribution in [0.3, 0.4) is 0 Å². The highest BCUT2D eigenvalue weighted by molar-refractivity contribution is 5.84. The third-order valence-corrected chi connectivity index (χ3v) is 4.60. The van der Waals surface area contributed by atoms with Crippen molar-refractivity contribution >= 4 is 5.91 Å². The van der Waals surface area contributed by atoms with E-state index in [0.29, 0.717) is 12.5 Å². The van der Waals surface area contributed by atoms with Gasteiger partial charge in [-0.05, 0) is 24.3 Å². The molecule has 1 aromatic rings. The first-order valence-corrected chi connectivity index (χ1v) is 8.76. The second-order valence-corrected chi connectivity index (χ2v) is 6.97. The van der Waals surface area contributed by atoms with Crippen LogP contribution in [0.2, 0.25) is 0 Å². The summed E-state index contributed by atoms with van der Waals surface area (Å²) in [5.41, 5.74) is 1.14. The molecule has 0 bridgehead atoms. The van der Waals surface area contributed by atoms with Gasteiger partial charge >= 0.3 is 0 Å². The maximum Gasteiger partial charge on any atom is 0.257 e. The molecule has 0 aliphatic carbocycles. The maximum absolute atomic E-state index is 13.0. The monoisotopic (exact) mass is 317 g/mol. The third kappa shape index (κ3) is 3.59. The van der Waals surface area contributed by atoms with Crippen molar-refractivity contribution in [2.24, 2.45) is 5.92 Å². The summed E-state index contributed by atoms with van der Waals surface area (Å²) in [5.74, 6) is 0.643. The lowest BCUT2D eigenvalue weighted by Crippen LogP contribution is -2.41. The van der Waals surface area contributed by atoms with Crippen LogP contribution < -0.4 is 0 Å². The molecule has 0 unspecified atom stereocenters. The summed E-state index contributed by atoms with van der Waals surface area (Å²) in [6, 6.07) is 10.2. The Bertz CT molecular complexity index is 531. The minimum Gasteiger partial charge on any atom is -0.359 e. The molecule has 0 saturated carbocycles. The quantitative estimate of drug-likeness (QED) is 0.754. The second kappa shape index (κ2) is 7.02. The van der Waals surface area contributed by atoms with Crippen LogP contribution in [0.1, 0.15) is 51.6 Å². The van der Waals surface area contributed by atoms with Gasteiger partial charge < -0.3 is 14.4 Å². The van der Waals surface area contributed by atoms with Crippen LogP contribution in [0.5, 0.6) is 0 Å². The Hall–Kier alpha value is -1.39. The minimum atomic E-state index is -0.273. The van der Waals surface area contributed by atoms with Crippen LogP contribution in [0.25, 0.3) is 0 Å². The van der Waals surface area contributed by atoms with E-state index in [4.69, 9.17) is 9.47 Å². The first-order chi connectivity index (χ1) is 11.1. The van der Waals surface area contributed by atoms with Crippen LogP contribution in [-0.4, -0.2) is 35.8 Å². The number of nitrogens with zero attached hydrogens (tertiary/aromatic N) is 1. The Balaban J connectivity index is 1.75. The average molecular weight is 317 g/mol. The molecule has 0 radical (unpaired) electrons. The predicted molar refractivity (Wildman–Crippen MR) is 88.8 cm³/mol. The van der Waals surface area contributed by atoms with Gasteiger partial charge in [-0.15, -0.1) is 0 Å². The Morgan fingerprint density at radius 2 is 2.04 bits per heavy atom. The van der Waals surface area contributed by atoms with E-state index in [1.165, 1.54) is 0 Å². The molecule has 126 valence electrons. The van der Waals surface area contributed by atoms with Crippen molar-refractivity contribution in [3.05, 3.63) is 35.9 Å². The van der Waals surface area contributed by atoms with Crippen LogP contribution in [0, 0.1) is 5.92 Å². The van der Waals surface area contributed by atoms with Crippen LogP contribution in [-0.2, 0) is 14.3 Å². The molecule has 2 aliphatic heterocycles. The summed E-state index contributed by atoms with van der Waals surface area (Å²) < 4.78 is 11.6. The van der Waals surface area contributed by atoms with Gasteiger partial charge in [0, 0.05) is 0 Å². The van der Waals surface area contributed by atoms with Crippen LogP contribution in [0.15, 0.2) is 30.3 Å². The summed E-state index contributed by atoms with van der Waals surface area (Å²) in [6.07, 6.45) is 2.50. The number of epoxide rings is 1. The number of carbonyl (C=O) groups is 1. The Morgan fingerprint density at radius 3 is 2.70 bits per heavy atom. The molecule has 23 heavy (non-hydrogen) atoms. The first kappa shape index (κ1) is 16.5. The summed E-state index contributed by atoms with van der Waals surface area (Å²) >= 11 is 0. The van der Waals surface area contributed by atoms with Gasteiger partial charge in [-0.1, -0.05) is 57.5 Å². The molecule has 2 aliphatic rings. The summed E-state index contributed by atoms with van der Waals surface area (Å²) in [6.45, 7) is 7.02. The summed E-state index contributed by atoms with van der Waals surface area (Å²) in [7, 11) is 0. The highest BCUT2D eigenvalue weighted by Gasteiger charge is 2.51. The lowest BCUT2D eigenvalue weighted by Gasteiger charge is -2.28. The van der Waals surface area contributed by atoms with Crippen molar-refractivity contribution < 1.29 is 14.3 Å². The van der Waals surface area contributed by atoms with Gasteiger partial charge in [0.1, 0.15) is 6.23 Å². The number of ether oxygens (including phenoxy) is 2. The topological polar surface area (TPSA) is 42.1 Å². The number of hydrogen-bond acceptors (Lipinski definition) is 3.